The average Bonchev–Trinajstić information content (AvgIpc) is 3.41. The maximum absolute atomic E-state index is 13.3. The number of carbonyl (C=O) groups is 2. The molecular weight excluding hydrogens is 457 g/mol. The Morgan fingerprint density at radius 3 is 2.68 bits per heavy atom. The Kier molecular flexibility index (Phi) is 6.89. The van der Waals surface area contributed by atoms with Crippen LogP contribution >= 0.6 is 34.7 Å². The van der Waals surface area contributed by atoms with Gasteiger partial charge >= 0.3 is 0 Å². The Balaban J connectivity index is 1.57. The van der Waals surface area contributed by atoms with Crippen molar-refractivity contribution in [2.75, 3.05) is 23.7 Å². The van der Waals surface area contributed by atoms with E-state index in [-0.39, 0.29) is 29.9 Å². The number of amides is 2. The summed E-state index contributed by atoms with van der Waals surface area (Å²) in [5.74, 6) is 0.274. The van der Waals surface area contributed by atoms with Crippen LogP contribution in [0.4, 0.5) is 14.3 Å². The lowest BCUT2D eigenvalue weighted by Gasteiger charge is -2.22. The van der Waals surface area contributed by atoms with Gasteiger partial charge in [-0.15, -0.1) is 11.3 Å². The molecule has 0 unspecified atom stereocenters. The number of thiazole rings is 1. The Labute approximate surface area is 192 Å². The van der Waals surface area contributed by atoms with Crippen LogP contribution < -0.4 is 4.90 Å². The summed E-state index contributed by atoms with van der Waals surface area (Å²) in [5.41, 5.74) is 2.27. The molecular formula is C22H19ClFN3O2S2. The van der Waals surface area contributed by atoms with Crippen LogP contribution in [-0.4, -0.2) is 39.9 Å². The van der Waals surface area contributed by atoms with Crippen molar-refractivity contribution in [3.8, 4) is 11.3 Å². The number of anilines is 1. The topological polar surface area (TPSA) is 53.5 Å². The van der Waals surface area contributed by atoms with Gasteiger partial charge in [0.25, 0.3) is 5.24 Å². The van der Waals surface area contributed by atoms with Gasteiger partial charge in [0.05, 0.1) is 12.2 Å². The van der Waals surface area contributed by atoms with Crippen LogP contribution in [0.15, 0.2) is 53.9 Å². The lowest BCUT2D eigenvalue weighted by atomic mass is 10.2. The maximum atomic E-state index is 13.3. The number of halogens is 2. The monoisotopic (exact) mass is 475 g/mol. The number of benzene rings is 2. The summed E-state index contributed by atoms with van der Waals surface area (Å²) < 4.78 is 13.3. The highest BCUT2D eigenvalue weighted by Gasteiger charge is 2.25. The van der Waals surface area contributed by atoms with Crippen LogP contribution in [-0.2, 0) is 11.3 Å². The zero-order valence-electron chi connectivity index (χ0n) is 16.5. The number of thioether (sulfide) groups is 1. The van der Waals surface area contributed by atoms with Gasteiger partial charge < -0.3 is 4.90 Å². The van der Waals surface area contributed by atoms with Crippen LogP contribution in [0.3, 0.4) is 0 Å². The molecule has 2 heterocycles. The molecule has 0 saturated carbocycles. The first-order valence-corrected chi connectivity index (χ1v) is 11.9. The molecule has 1 saturated heterocycles. The van der Waals surface area contributed by atoms with Gasteiger partial charge in [0.1, 0.15) is 5.82 Å². The number of hydrogen-bond acceptors (Lipinski definition) is 5. The third kappa shape index (κ3) is 5.26. The molecule has 0 atom stereocenters. The second-order valence-electron chi connectivity index (χ2n) is 6.95. The second kappa shape index (κ2) is 9.80. The zero-order valence-corrected chi connectivity index (χ0v) is 18.9. The normalized spacial score (nSPS) is 13.6. The van der Waals surface area contributed by atoms with Crippen LogP contribution in [0.1, 0.15) is 12.0 Å². The third-order valence-corrected chi connectivity index (χ3v) is 6.95. The minimum absolute atomic E-state index is 0.00754. The highest BCUT2D eigenvalue weighted by atomic mass is 35.5. The van der Waals surface area contributed by atoms with Crippen molar-refractivity contribution >= 4 is 51.0 Å². The molecule has 5 nitrogen and oxygen atoms in total. The van der Waals surface area contributed by atoms with Gasteiger partial charge in [0, 0.05) is 41.2 Å². The zero-order chi connectivity index (χ0) is 21.8. The van der Waals surface area contributed by atoms with Gasteiger partial charge in [0.15, 0.2) is 5.13 Å². The highest BCUT2D eigenvalue weighted by molar-refractivity contribution is 8.13. The summed E-state index contributed by atoms with van der Waals surface area (Å²) in [4.78, 5) is 32.9. The van der Waals surface area contributed by atoms with Gasteiger partial charge in [-0.1, -0.05) is 53.7 Å². The van der Waals surface area contributed by atoms with E-state index in [9.17, 15) is 14.0 Å². The molecule has 0 N–H and O–H groups in total. The van der Waals surface area contributed by atoms with E-state index in [1.165, 1.54) is 35.2 Å². The predicted molar refractivity (Wildman–Crippen MR) is 124 cm³/mol. The van der Waals surface area contributed by atoms with Crippen molar-refractivity contribution in [1.29, 1.82) is 0 Å². The predicted octanol–water partition coefficient (Wildman–Crippen LogP) is 5.69. The summed E-state index contributed by atoms with van der Waals surface area (Å²) in [6.07, 6.45) is 0.189. The Morgan fingerprint density at radius 2 is 1.97 bits per heavy atom. The fourth-order valence-electron chi connectivity index (χ4n) is 3.21. The molecule has 31 heavy (non-hydrogen) atoms. The first kappa shape index (κ1) is 21.8. The summed E-state index contributed by atoms with van der Waals surface area (Å²) in [6.45, 7) is 1.28. The van der Waals surface area contributed by atoms with Gasteiger partial charge in [-0.2, -0.15) is 0 Å². The second-order valence-corrected chi connectivity index (χ2v) is 9.24. The average molecular weight is 476 g/mol. The summed E-state index contributed by atoms with van der Waals surface area (Å²) in [7, 11) is 0. The van der Waals surface area contributed by atoms with Crippen molar-refractivity contribution in [2.24, 2.45) is 0 Å². The molecule has 2 aromatic carbocycles. The van der Waals surface area contributed by atoms with Crippen molar-refractivity contribution in [3.05, 3.63) is 70.3 Å². The largest absolute Gasteiger partial charge is 0.332 e. The van der Waals surface area contributed by atoms with Crippen LogP contribution in [0, 0.1) is 5.82 Å². The van der Waals surface area contributed by atoms with Crippen molar-refractivity contribution in [2.45, 2.75) is 13.0 Å². The molecule has 1 aliphatic heterocycles. The summed E-state index contributed by atoms with van der Waals surface area (Å²) in [6, 6.07) is 13.4. The fraction of sp³-hybridized carbons (Fsp3) is 0.227. The molecule has 4 rings (SSSR count). The molecule has 0 aliphatic carbocycles. The number of carbonyl (C=O) groups excluding carboxylic acids is 2. The van der Waals surface area contributed by atoms with Gasteiger partial charge in [-0.05, 0) is 23.8 Å². The van der Waals surface area contributed by atoms with Gasteiger partial charge in [-0.3, -0.25) is 14.5 Å². The van der Waals surface area contributed by atoms with E-state index in [0.717, 1.165) is 16.9 Å². The minimum Gasteiger partial charge on any atom is -0.332 e. The Bertz CT molecular complexity index is 1090. The standard InChI is InChI=1S/C22H19ClFN3O2S2/c23-18-4-2-1-3-17(18)19-14-31-21(25-19)27(13-15-5-7-16(24)8-6-15)20(28)9-10-26-11-12-30-22(26)29/h1-8,14H,9-13H2. The Hall–Kier alpha value is -2.42. The minimum atomic E-state index is -0.332. The van der Waals surface area contributed by atoms with Crippen molar-refractivity contribution in [3.63, 3.8) is 0 Å². The molecule has 2 amide bonds. The number of nitrogens with zero attached hydrogens (tertiary/aromatic N) is 3. The quantitative estimate of drug-likeness (QED) is 0.440. The SMILES string of the molecule is O=C1SCCN1CCC(=O)N(Cc1ccc(F)cc1)c1nc(-c2ccccc2Cl)cs1. The highest BCUT2D eigenvalue weighted by Crippen LogP contribution is 2.32. The van der Waals surface area contributed by atoms with E-state index in [4.69, 9.17) is 11.6 Å². The number of rotatable bonds is 7. The molecule has 1 fully saturated rings. The van der Waals surface area contributed by atoms with Gasteiger partial charge in [-0.25, -0.2) is 9.37 Å². The smallest absolute Gasteiger partial charge is 0.281 e. The molecule has 1 aliphatic rings. The maximum Gasteiger partial charge on any atom is 0.281 e. The third-order valence-electron chi connectivity index (χ3n) is 4.87. The number of aromatic nitrogens is 1. The van der Waals surface area contributed by atoms with E-state index < -0.39 is 0 Å². The Morgan fingerprint density at radius 1 is 1.19 bits per heavy atom. The molecule has 0 spiro atoms. The van der Waals surface area contributed by atoms with E-state index in [1.54, 1.807) is 28.0 Å². The summed E-state index contributed by atoms with van der Waals surface area (Å²) >= 11 is 8.92. The molecule has 1 aromatic heterocycles. The van der Waals surface area contributed by atoms with E-state index in [1.807, 2.05) is 23.6 Å². The number of hydrogen-bond donors (Lipinski definition) is 0. The van der Waals surface area contributed by atoms with E-state index >= 15 is 0 Å². The van der Waals surface area contributed by atoms with Crippen LogP contribution in [0.2, 0.25) is 5.02 Å². The van der Waals surface area contributed by atoms with Crippen LogP contribution in [0.25, 0.3) is 11.3 Å². The fourth-order valence-corrected chi connectivity index (χ4v) is 5.14. The van der Waals surface area contributed by atoms with Crippen molar-refractivity contribution < 1.29 is 14.0 Å². The van der Waals surface area contributed by atoms with E-state index in [2.05, 4.69) is 4.98 Å². The molecule has 160 valence electrons. The van der Waals surface area contributed by atoms with Crippen molar-refractivity contribution in [1.82, 2.24) is 9.88 Å². The van der Waals surface area contributed by atoms with Crippen LogP contribution in [0.5, 0.6) is 0 Å². The van der Waals surface area contributed by atoms with Gasteiger partial charge in [0.2, 0.25) is 5.91 Å². The molecule has 9 heteroatoms. The first-order chi connectivity index (χ1) is 15.0. The van der Waals surface area contributed by atoms with E-state index in [0.29, 0.717) is 28.9 Å². The molecule has 0 radical (unpaired) electrons. The molecule has 3 aromatic rings. The first-order valence-electron chi connectivity index (χ1n) is 9.68. The lowest BCUT2D eigenvalue weighted by Crippen LogP contribution is -2.34. The lowest BCUT2D eigenvalue weighted by molar-refractivity contribution is -0.118. The molecule has 0 bridgehead atoms. The summed E-state index contributed by atoms with van der Waals surface area (Å²) in [5, 5.41) is 2.99.